The van der Waals surface area contributed by atoms with E-state index in [2.05, 4.69) is 34.7 Å². The summed E-state index contributed by atoms with van der Waals surface area (Å²) in [6.45, 7) is 1.61. The van der Waals surface area contributed by atoms with Gasteiger partial charge in [0.1, 0.15) is 0 Å². The summed E-state index contributed by atoms with van der Waals surface area (Å²) in [7, 11) is 0. The monoisotopic (exact) mass is 335 g/mol. The average Bonchev–Trinajstić information content (AvgIpc) is 2.65. The maximum Gasteiger partial charge on any atom is 0.228 e. The highest BCUT2D eigenvalue weighted by atomic mass is 127. The summed E-state index contributed by atoms with van der Waals surface area (Å²) in [5.74, 6) is 0.0558. The SMILES string of the molecule is CC(=O)n1c2ccccc2c2cccc(I)c21. The van der Waals surface area contributed by atoms with Crippen molar-refractivity contribution in [3.63, 3.8) is 0 Å². The Morgan fingerprint density at radius 3 is 2.53 bits per heavy atom. The van der Waals surface area contributed by atoms with E-state index in [0.717, 1.165) is 25.4 Å². The quantitative estimate of drug-likeness (QED) is 0.568. The van der Waals surface area contributed by atoms with Crippen LogP contribution in [0.4, 0.5) is 0 Å². The van der Waals surface area contributed by atoms with Gasteiger partial charge in [0.15, 0.2) is 0 Å². The Morgan fingerprint density at radius 2 is 1.76 bits per heavy atom. The summed E-state index contributed by atoms with van der Waals surface area (Å²) in [6, 6.07) is 14.2. The van der Waals surface area contributed by atoms with Crippen molar-refractivity contribution in [1.82, 2.24) is 4.57 Å². The minimum atomic E-state index is 0.0558. The molecule has 2 nitrogen and oxygen atoms in total. The molecule has 0 saturated heterocycles. The number of halogens is 1. The van der Waals surface area contributed by atoms with Gasteiger partial charge in [-0.1, -0.05) is 30.3 Å². The average molecular weight is 335 g/mol. The first-order valence-corrected chi connectivity index (χ1v) is 6.46. The van der Waals surface area contributed by atoms with Gasteiger partial charge in [0.25, 0.3) is 0 Å². The van der Waals surface area contributed by atoms with Gasteiger partial charge in [-0.15, -0.1) is 0 Å². The van der Waals surface area contributed by atoms with E-state index in [1.807, 2.05) is 30.3 Å². The molecule has 0 bridgehead atoms. The minimum Gasteiger partial charge on any atom is -0.279 e. The van der Waals surface area contributed by atoms with Gasteiger partial charge < -0.3 is 0 Å². The second kappa shape index (κ2) is 3.84. The third kappa shape index (κ3) is 1.49. The summed E-state index contributed by atoms with van der Waals surface area (Å²) < 4.78 is 2.90. The summed E-state index contributed by atoms with van der Waals surface area (Å²) in [4.78, 5) is 11.8. The molecular weight excluding hydrogens is 325 g/mol. The largest absolute Gasteiger partial charge is 0.279 e. The highest BCUT2D eigenvalue weighted by Gasteiger charge is 2.14. The van der Waals surface area contributed by atoms with Crippen molar-refractivity contribution in [3.8, 4) is 0 Å². The second-order valence-corrected chi connectivity index (χ2v) is 5.17. The molecule has 3 heteroatoms. The normalized spacial score (nSPS) is 11.2. The van der Waals surface area contributed by atoms with Crippen molar-refractivity contribution >= 4 is 50.3 Å². The van der Waals surface area contributed by atoms with Gasteiger partial charge >= 0.3 is 0 Å². The molecule has 84 valence electrons. The van der Waals surface area contributed by atoms with Crippen LogP contribution < -0.4 is 0 Å². The van der Waals surface area contributed by atoms with Crippen molar-refractivity contribution < 1.29 is 4.79 Å². The number of benzene rings is 2. The van der Waals surface area contributed by atoms with Crippen LogP contribution in [0.1, 0.15) is 11.7 Å². The predicted molar refractivity (Wildman–Crippen MR) is 78.5 cm³/mol. The fraction of sp³-hybridized carbons (Fsp3) is 0.0714. The topological polar surface area (TPSA) is 22.0 Å². The third-order valence-corrected chi connectivity index (χ3v) is 3.83. The zero-order valence-corrected chi connectivity index (χ0v) is 11.4. The lowest BCUT2D eigenvalue weighted by Gasteiger charge is -2.02. The van der Waals surface area contributed by atoms with Crippen molar-refractivity contribution in [2.75, 3.05) is 0 Å². The number of fused-ring (bicyclic) bond motifs is 3. The van der Waals surface area contributed by atoms with Crippen LogP contribution in [0.15, 0.2) is 42.5 Å². The van der Waals surface area contributed by atoms with E-state index in [-0.39, 0.29) is 5.91 Å². The molecule has 0 fully saturated rings. The summed E-state index contributed by atoms with van der Waals surface area (Å²) in [5, 5.41) is 2.28. The number of carbonyl (C=O) groups excluding carboxylic acids is 1. The van der Waals surface area contributed by atoms with E-state index < -0.39 is 0 Å². The van der Waals surface area contributed by atoms with Gasteiger partial charge in [0.05, 0.1) is 11.0 Å². The molecule has 3 aromatic rings. The lowest BCUT2D eigenvalue weighted by atomic mass is 10.2. The zero-order valence-electron chi connectivity index (χ0n) is 9.27. The van der Waals surface area contributed by atoms with Crippen LogP contribution in [0.25, 0.3) is 21.8 Å². The van der Waals surface area contributed by atoms with E-state index in [4.69, 9.17) is 0 Å². The van der Waals surface area contributed by atoms with E-state index in [0.29, 0.717) is 0 Å². The maximum absolute atomic E-state index is 11.8. The number of nitrogens with zero attached hydrogens (tertiary/aromatic N) is 1. The smallest absolute Gasteiger partial charge is 0.228 e. The van der Waals surface area contributed by atoms with Crippen molar-refractivity contribution in [2.24, 2.45) is 0 Å². The first kappa shape index (κ1) is 10.8. The Balaban J connectivity index is 2.68. The van der Waals surface area contributed by atoms with Crippen LogP contribution in [0, 0.1) is 3.57 Å². The predicted octanol–water partition coefficient (Wildman–Crippen LogP) is 4.06. The molecule has 0 spiro atoms. The third-order valence-electron chi connectivity index (χ3n) is 2.96. The number of carbonyl (C=O) groups is 1. The molecule has 0 aliphatic carbocycles. The fourth-order valence-electron chi connectivity index (χ4n) is 2.30. The molecule has 0 aliphatic rings. The number of rotatable bonds is 0. The molecule has 1 aromatic heterocycles. The first-order chi connectivity index (χ1) is 8.20. The standard InChI is InChI=1S/C14H10INO/c1-9(17)16-13-8-3-2-5-10(13)11-6-4-7-12(15)14(11)16/h2-8H,1H3. The lowest BCUT2D eigenvalue weighted by Crippen LogP contribution is -2.05. The van der Waals surface area contributed by atoms with Gasteiger partial charge in [0, 0.05) is 21.3 Å². The fourth-order valence-corrected chi connectivity index (χ4v) is 3.04. The second-order valence-electron chi connectivity index (χ2n) is 4.01. The molecule has 0 aliphatic heterocycles. The van der Waals surface area contributed by atoms with Gasteiger partial charge in [-0.25, -0.2) is 0 Å². The Bertz CT molecular complexity index is 742. The van der Waals surface area contributed by atoms with Crippen LogP contribution in [-0.4, -0.2) is 10.5 Å². The Morgan fingerprint density at radius 1 is 1.06 bits per heavy atom. The summed E-state index contributed by atoms with van der Waals surface area (Å²) in [6.07, 6.45) is 0. The molecule has 0 saturated carbocycles. The molecule has 2 aromatic carbocycles. The molecule has 0 N–H and O–H groups in total. The van der Waals surface area contributed by atoms with E-state index in [1.54, 1.807) is 11.5 Å². The molecule has 0 unspecified atom stereocenters. The number of para-hydroxylation sites is 2. The Hall–Kier alpha value is -1.36. The van der Waals surface area contributed by atoms with Crippen LogP contribution >= 0.6 is 22.6 Å². The molecule has 17 heavy (non-hydrogen) atoms. The van der Waals surface area contributed by atoms with Crippen molar-refractivity contribution in [2.45, 2.75) is 6.92 Å². The first-order valence-electron chi connectivity index (χ1n) is 5.39. The minimum absolute atomic E-state index is 0.0558. The van der Waals surface area contributed by atoms with Crippen LogP contribution in [-0.2, 0) is 0 Å². The molecular formula is C14H10INO. The van der Waals surface area contributed by atoms with Crippen molar-refractivity contribution in [3.05, 3.63) is 46.0 Å². The maximum atomic E-state index is 11.8. The summed E-state index contributed by atoms with van der Waals surface area (Å²) >= 11 is 2.28. The van der Waals surface area contributed by atoms with E-state index >= 15 is 0 Å². The number of hydrogen-bond donors (Lipinski definition) is 0. The lowest BCUT2D eigenvalue weighted by molar-refractivity contribution is 0.0946. The molecule has 3 rings (SSSR count). The molecule has 0 amide bonds. The number of hydrogen-bond acceptors (Lipinski definition) is 1. The van der Waals surface area contributed by atoms with Gasteiger partial charge in [-0.2, -0.15) is 0 Å². The zero-order chi connectivity index (χ0) is 12.0. The number of aromatic nitrogens is 1. The van der Waals surface area contributed by atoms with Crippen LogP contribution in [0.3, 0.4) is 0 Å². The highest BCUT2D eigenvalue weighted by molar-refractivity contribution is 14.1. The molecule has 1 heterocycles. The van der Waals surface area contributed by atoms with Gasteiger partial charge in [-0.05, 0) is 34.7 Å². The van der Waals surface area contributed by atoms with Crippen LogP contribution in [0.5, 0.6) is 0 Å². The van der Waals surface area contributed by atoms with E-state index in [1.165, 1.54) is 0 Å². The van der Waals surface area contributed by atoms with Crippen molar-refractivity contribution in [1.29, 1.82) is 0 Å². The molecule has 0 radical (unpaired) electrons. The van der Waals surface area contributed by atoms with Gasteiger partial charge in [0.2, 0.25) is 5.91 Å². The van der Waals surface area contributed by atoms with Crippen LogP contribution in [0.2, 0.25) is 0 Å². The summed E-state index contributed by atoms with van der Waals surface area (Å²) in [5.41, 5.74) is 2.00. The highest BCUT2D eigenvalue weighted by Crippen LogP contribution is 2.31. The Kier molecular flexibility index (Phi) is 2.43. The van der Waals surface area contributed by atoms with E-state index in [9.17, 15) is 4.79 Å². The molecule has 0 atom stereocenters. The van der Waals surface area contributed by atoms with Gasteiger partial charge in [-0.3, -0.25) is 9.36 Å². The Labute approximate surface area is 112 Å².